The lowest BCUT2D eigenvalue weighted by molar-refractivity contribution is -0.384. The number of aliphatic carboxylic acids is 1. The van der Waals surface area contributed by atoms with Gasteiger partial charge < -0.3 is 30.1 Å². The van der Waals surface area contributed by atoms with E-state index in [0.717, 1.165) is 24.8 Å². The van der Waals surface area contributed by atoms with Gasteiger partial charge in [-0.05, 0) is 58.4 Å². The predicted molar refractivity (Wildman–Crippen MR) is 186 cm³/mol. The number of rotatable bonds is 10. The predicted octanol–water partition coefficient (Wildman–Crippen LogP) is 5.37. The lowest BCUT2D eigenvalue weighted by atomic mass is 9.83. The minimum Gasteiger partial charge on any atom is -0.488 e. The van der Waals surface area contributed by atoms with Crippen molar-refractivity contribution in [3.8, 4) is 17.0 Å². The van der Waals surface area contributed by atoms with Crippen LogP contribution in [-0.2, 0) is 19.1 Å². The molecule has 3 fully saturated rings. The first-order valence-electron chi connectivity index (χ1n) is 17.4. The highest BCUT2D eigenvalue weighted by Crippen LogP contribution is 2.38. The molecule has 3 atom stereocenters. The molecule has 1 saturated heterocycles. The Kier molecular flexibility index (Phi) is 9.87. The van der Waals surface area contributed by atoms with Crippen LogP contribution in [0, 0.1) is 16.0 Å². The van der Waals surface area contributed by atoms with E-state index in [1.807, 2.05) is 30.3 Å². The van der Waals surface area contributed by atoms with E-state index in [2.05, 4.69) is 10.6 Å². The average molecular weight is 702 g/mol. The monoisotopic (exact) mass is 701 g/mol. The number of benzene rings is 2. The maximum atomic E-state index is 14.6. The van der Waals surface area contributed by atoms with Crippen molar-refractivity contribution in [3.05, 3.63) is 64.7 Å². The lowest BCUT2D eigenvalue weighted by Crippen LogP contribution is -2.58. The molecule has 14 nitrogen and oxygen atoms in total. The van der Waals surface area contributed by atoms with Gasteiger partial charge in [-0.1, -0.05) is 49.6 Å². The van der Waals surface area contributed by atoms with Gasteiger partial charge in [0.25, 0.3) is 5.69 Å². The van der Waals surface area contributed by atoms with E-state index in [0.29, 0.717) is 29.4 Å². The largest absolute Gasteiger partial charge is 0.488 e. The highest BCUT2D eigenvalue weighted by Gasteiger charge is 2.54. The van der Waals surface area contributed by atoms with E-state index in [4.69, 9.17) is 14.5 Å². The number of likely N-dealkylation sites (tertiary alicyclic amines) is 1. The molecule has 0 spiro atoms. The topological polar surface area (TPSA) is 190 Å². The number of fused-ring (bicyclic) bond motifs is 1. The Morgan fingerprint density at radius 2 is 1.75 bits per heavy atom. The molecule has 6 rings (SSSR count). The maximum Gasteiger partial charge on any atom is 0.408 e. The smallest absolute Gasteiger partial charge is 0.408 e. The van der Waals surface area contributed by atoms with Crippen molar-refractivity contribution in [2.75, 3.05) is 6.54 Å². The van der Waals surface area contributed by atoms with Gasteiger partial charge in [0.15, 0.2) is 0 Å². The summed E-state index contributed by atoms with van der Waals surface area (Å²) in [5, 5.41) is 27.4. The Morgan fingerprint density at radius 3 is 2.37 bits per heavy atom. The van der Waals surface area contributed by atoms with E-state index in [1.54, 1.807) is 32.9 Å². The number of non-ortho nitro benzene ring substituents is 1. The molecule has 3 aliphatic rings. The summed E-state index contributed by atoms with van der Waals surface area (Å²) in [6, 6.07) is 13.2. The molecular weight excluding hydrogens is 658 g/mol. The van der Waals surface area contributed by atoms with Gasteiger partial charge in [-0.15, -0.1) is 0 Å². The van der Waals surface area contributed by atoms with Crippen LogP contribution in [-0.4, -0.2) is 79.7 Å². The summed E-state index contributed by atoms with van der Waals surface area (Å²) in [6.45, 7) is 5.12. The van der Waals surface area contributed by atoms with Gasteiger partial charge >= 0.3 is 12.1 Å². The number of nitrogens with one attached hydrogen (secondary N) is 2. The standard InChI is InChI=1S/C37H43N5O9/c1-36(2,3)51-35(47)39-31(23-12-8-5-9-13-23)33(44)41-21-25(19-29(41)32(43)40-37(16-17-37)34(45)46)50-30-20-28(22-10-6-4-7-11-22)38-27-15-14-24(42(48)49)18-26(27)30/h4,6-7,10-11,14-15,18,20,23,25,29,31H,5,8-9,12-13,16-17,19,21H2,1-3H3,(H,39,47)(H,40,43)(H,45,46)/t25-,29+,31+/m1/s1. The molecular formula is C37H43N5O9. The van der Waals surface area contributed by atoms with Gasteiger partial charge in [-0.25, -0.2) is 14.6 Å². The van der Waals surface area contributed by atoms with Gasteiger partial charge in [-0.2, -0.15) is 0 Å². The minimum absolute atomic E-state index is 0.0104. The van der Waals surface area contributed by atoms with Crippen molar-refractivity contribution in [2.45, 2.75) is 101 Å². The average Bonchev–Trinajstić information content (AvgIpc) is 3.76. The van der Waals surface area contributed by atoms with Crippen LogP contribution < -0.4 is 15.4 Å². The Bertz CT molecular complexity index is 1830. The highest BCUT2D eigenvalue weighted by atomic mass is 16.6. The van der Waals surface area contributed by atoms with Crippen molar-refractivity contribution in [1.82, 2.24) is 20.5 Å². The van der Waals surface area contributed by atoms with Crippen LogP contribution >= 0.6 is 0 Å². The number of pyridine rings is 1. The molecule has 2 saturated carbocycles. The van der Waals surface area contributed by atoms with Gasteiger partial charge in [0.1, 0.15) is 35.1 Å². The second-order valence-electron chi connectivity index (χ2n) is 14.7. The Labute approximate surface area is 295 Å². The van der Waals surface area contributed by atoms with E-state index < -0.39 is 58.1 Å². The number of nitro groups is 1. The summed E-state index contributed by atoms with van der Waals surface area (Å²) < 4.78 is 12.1. The van der Waals surface area contributed by atoms with Crippen molar-refractivity contribution in [1.29, 1.82) is 0 Å². The van der Waals surface area contributed by atoms with Crippen molar-refractivity contribution >= 4 is 40.5 Å². The molecule has 2 aromatic carbocycles. The third-order valence-electron chi connectivity index (χ3n) is 9.76. The molecule has 2 heterocycles. The number of amides is 3. The second-order valence-corrected chi connectivity index (χ2v) is 14.7. The van der Waals surface area contributed by atoms with Crippen molar-refractivity contribution in [3.63, 3.8) is 0 Å². The second kappa shape index (κ2) is 14.2. The number of carbonyl (C=O) groups excluding carboxylic acids is 3. The number of alkyl carbamates (subject to hydrolysis) is 1. The molecule has 0 radical (unpaired) electrons. The summed E-state index contributed by atoms with van der Waals surface area (Å²) >= 11 is 0. The van der Waals surface area contributed by atoms with Crippen LogP contribution in [0.1, 0.15) is 72.1 Å². The van der Waals surface area contributed by atoms with Crippen LogP contribution in [0.25, 0.3) is 22.2 Å². The normalized spacial score (nSPS) is 20.6. The van der Waals surface area contributed by atoms with Crippen LogP contribution in [0.15, 0.2) is 54.6 Å². The number of carboxylic acids is 1. The number of nitrogens with zero attached hydrogens (tertiary/aromatic N) is 3. The first-order valence-corrected chi connectivity index (χ1v) is 17.4. The SMILES string of the molecule is CC(C)(C)OC(=O)N[C@H](C(=O)N1C[C@H](Oc2cc(-c3ccccc3)nc3ccc([N+](=O)[O-])cc23)C[C@H]1C(=O)NC1(C(=O)O)CC1)C1CCCCC1. The van der Waals surface area contributed by atoms with Crippen LogP contribution in [0.4, 0.5) is 10.5 Å². The molecule has 2 aliphatic carbocycles. The molecule has 3 N–H and O–H groups in total. The Hall–Kier alpha value is -5.27. The van der Waals surface area contributed by atoms with Gasteiger partial charge in [-0.3, -0.25) is 19.7 Å². The molecule has 1 aromatic heterocycles. The molecule has 0 bridgehead atoms. The fourth-order valence-corrected chi connectivity index (χ4v) is 7.00. The van der Waals surface area contributed by atoms with Crippen LogP contribution in [0.2, 0.25) is 0 Å². The quantitative estimate of drug-likeness (QED) is 0.183. The number of nitro benzene ring substituents is 1. The summed E-state index contributed by atoms with van der Waals surface area (Å²) in [4.78, 5) is 70.8. The Morgan fingerprint density at radius 1 is 1.04 bits per heavy atom. The minimum atomic E-state index is -1.40. The van der Waals surface area contributed by atoms with E-state index >= 15 is 0 Å². The summed E-state index contributed by atoms with van der Waals surface area (Å²) in [6.07, 6.45) is 3.19. The molecule has 0 unspecified atom stereocenters. The van der Waals surface area contributed by atoms with E-state index in [-0.39, 0.29) is 43.2 Å². The van der Waals surface area contributed by atoms with Crippen LogP contribution in [0.3, 0.4) is 0 Å². The zero-order valence-corrected chi connectivity index (χ0v) is 28.9. The first-order chi connectivity index (χ1) is 24.2. The maximum absolute atomic E-state index is 14.6. The van der Waals surface area contributed by atoms with Crippen molar-refractivity contribution < 1.29 is 38.7 Å². The van der Waals surface area contributed by atoms with E-state index in [9.17, 15) is 34.4 Å². The number of hydrogen-bond donors (Lipinski definition) is 3. The zero-order chi connectivity index (χ0) is 36.5. The summed E-state index contributed by atoms with van der Waals surface area (Å²) in [7, 11) is 0. The third-order valence-corrected chi connectivity index (χ3v) is 9.76. The summed E-state index contributed by atoms with van der Waals surface area (Å²) in [5.74, 6) is -2.19. The molecule has 14 heteroatoms. The third kappa shape index (κ3) is 8.05. The van der Waals surface area contributed by atoms with Crippen molar-refractivity contribution in [2.24, 2.45) is 5.92 Å². The zero-order valence-electron chi connectivity index (χ0n) is 28.9. The van der Waals surface area contributed by atoms with E-state index in [1.165, 1.54) is 17.0 Å². The molecule has 3 amide bonds. The van der Waals surface area contributed by atoms with Gasteiger partial charge in [0.2, 0.25) is 11.8 Å². The van der Waals surface area contributed by atoms with Gasteiger partial charge in [0.05, 0.1) is 22.7 Å². The molecule has 51 heavy (non-hydrogen) atoms. The molecule has 3 aromatic rings. The first kappa shape index (κ1) is 35.6. The molecule has 270 valence electrons. The number of aromatic nitrogens is 1. The molecule has 1 aliphatic heterocycles. The number of ether oxygens (including phenoxy) is 2. The lowest BCUT2D eigenvalue weighted by Gasteiger charge is -2.35. The fraction of sp³-hybridized carbons (Fsp3) is 0.486. The highest BCUT2D eigenvalue weighted by molar-refractivity contribution is 5.96. The summed E-state index contributed by atoms with van der Waals surface area (Å²) in [5.41, 5.74) is -0.566. The number of carbonyl (C=O) groups is 4. The fourth-order valence-electron chi connectivity index (χ4n) is 7.00. The van der Waals surface area contributed by atoms with Gasteiger partial charge in [0, 0.05) is 35.6 Å². The Balaban J connectivity index is 1.35. The van der Waals surface area contributed by atoms with Crippen LogP contribution in [0.5, 0.6) is 5.75 Å². The number of hydrogen-bond acceptors (Lipinski definition) is 9. The number of carboxylic acid groups (broad SMARTS) is 1.